The normalized spacial score (nSPS) is 18.3. The van der Waals surface area contributed by atoms with Gasteiger partial charge < -0.3 is 10.6 Å². The lowest BCUT2D eigenvalue weighted by molar-refractivity contribution is -0.00778. The third-order valence-corrected chi connectivity index (χ3v) is 6.48. The van der Waals surface area contributed by atoms with Gasteiger partial charge in [0.1, 0.15) is 5.82 Å². The number of aryl methyl sites for hydroxylation is 1. The Bertz CT molecular complexity index is 1140. The maximum absolute atomic E-state index is 14.6. The Labute approximate surface area is 191 Å². The largest absolute Gasteiger partial charge is 0.365 e. The van der Waals surface area contributed by atoms with Crippen LogP contribution in [0.25, 0.3) is 11.4 Å². The van der Waals surface area contributed by atoms with Gasteiger partial charge in [-0.2, -0.15) is 4.98 Å². The van der Waals surface area contributed by atoms with Gasteiger partial charge in [-0.15, -0.1) is 5.10 Å². The summed E-state index contributed by atoms with van der Waals surface area (Å²) in [5.74, 6) is -0.383. The van der Waals surface area contributed by atoms with Gasteiger partial charge in [-0.25, -0.2) is 18.4 Å². The van der Waals surface area contributed by atoms with E-state index < -0.39 is 11.6 Å². The molecule has 1 aliphatic rings. The molecular formula is C22H29F2N9. The van der Waals surface area contributed by atoms with Crippen molar-refractivity contribution in [2.24, 2.45) is 7.05 Å². The number of tetrazole rings is 1. The van der Waals surface area contributed by atoms with Crippen LogP contribution in [0.5, 0.6) is 0 Å². The second-order valence-electron chi connectivity index (χ2n) is 9.77. The van der Waals surface area contributed by atoms with Crippen molar-refractivity contribution in [1.82, 2.24) is 35.1 Å². The first-order valence-corrected chi connectivity index (χ1v) is 10.8. The summed E-state index contributed by atoms with van der Waals surface area (Å²) in [5, 5.41) is 17.4. The summed E-state index contributed by atoms with van der Waals surface area (Å²) in [6.07, 6.45) is 2.80. The van der Waals surface area contributed by atoms with Gasteiger partial charge in [-0.3, -0.25) is 4.90 Å². The minimum atomic E-state index is -0.528. The first-order valence-electron chi connectivity index (χ1n) is 10.8. The Morgan fingerprint density at radius 3 is 2.36 bits per heavy atom. The van der Waals surface area contributed by atoms with Gasteiger partial charge in [0.15, 0.2) is 17.5 Å². The van der Waals surface area contributed by atoms with Crippen molar-refractivity contribution in [3.8, 4) is 11.4 Å². The molecule has 1 aliphatic heterocycles. The van der Waals surface area contributed by atoms with Crippen LogP contribution in [0.4, 0.5) is 26.2 Å². The van der Waals surface area contributed by atoms with Crippen molar-refractivity contribution in [1.29, 1.82) is 0 Å². The molecule has 33 heavy (non-hydrogen) atoms. The van der Waals surface area contributed by atoms with Crippen LogP contribution in [0, 0.1) is 11.6 Å². The lowest BCUT2D eigenvalue weighted by Gasteiger charge is -2.53. The highest BCUT2D eigenvalue weighted by Crippen LogP contribution is 2.38. The highest BCUT2D eigenvalue weighted by molar-refractivity contribution is 5.66. The quantitative estimate of drug-likeness (QED) is 0.598. The van der Waals surface area contributed by atoms with Crippen LogP contribution in [0.15, 0.2) is 24.4 Å². The molecule has 1 aromatic carbocycles. The fourth-order valence-corrected chi connectivity index (χ4v) is 4.56. The highest BCUT2D eigenvalue weighted by Gasteiger charge is 2.43. The SMILES string of the molecule is CN1C(C)(C)CC(Nc2nc(Nc3ccc(F)c(-c4nnnn4C)c3)ncc2F)CC1(C)C. The van der Waals surface area contributed by atoms with Gasteiger partial charge in [-0.05, 0) is 76.2 Å². The number of aromatic nitrogens is 6. The number of hydrogen-bond acceptors (Lipinski definition) is 8. The number of nitrogens with zero attached hydrogens (tertiary/aromatic N) is 7. The van der Waals surface area contributed by atoms with Crippen LogP contribution in [0.2, 0.25) is 0 Å². The molecule has 0 bridgehead atoms. The number of likely N-dealkylation sites (tertiary alicyclic amines) is 1. The predicted octanol–water partition coefficient (Wildman–Crippen LogP) is 3.75. The Morgan fingerprint density at radius 2 is 1.73 bits per heavy atom. The zero-order valence-corrected chi connectivity index (χ0v) is 19.7. The molecule has 0 atom stereocenters. The minimum Gasteiger partial charge on any atom is -0.365 e. The molecule has 1 fully saturated rings. The van der Waals surface area contributed by atoms with Gasteiger partial charge in [0.2, 0.25) is 5.95 Å². The number of rotatable bonds is 5. The first kappa shape index (κ1) is 23.0. The summed E-state index contributed by atoms with van der Waals surface area (Å²) in [7, 11) is 3.75. The molecule has 11 heteroatoms. The predicted molar refractivity (Wildman–Crippen MR) is 122 cm³/mol. The topological polar surface area (TPSA) is 96.7 Å². The van der Waals surface area contributed by atoms with Crippen molar-refractivity contribution >= 4 is 17.5 Å². The Morgan fingerprint density at radius 1 is 1.03 bits per heavy atom. The Hall–Kier alpha value is -3.21. The number of piperidine rings is 1. The number of anilines is 3. The second kappa shape index (κ2) is 8.29. The van der Waals surface area contributed by atoms with Crippen molar-refractivity contribution < 1.29 is 8.78 Å². The van der Waals surface area contributed by atoms with E-state index in [1.165, 1.54) is 10.7 Å². The molecule has 2 N–H and O–H groups in total. The monoisotopic (exact) mass is 457 g/mol. The van der Waals surface area contributed by atoms with Crippen molar-refractivity contribution in [3.05, 3.63) is 36.0 Å². The third-order valence-electron chi connectivity index (χ3n) is 6.48. The van der Waals surface area contributed by atoms with Crippen LogP contribution in [0.1, 0.15) is 40.5 Å². The molecule has 9 nitrogen and oxygen atoms in total. The molecule has 2 aromatic heterocycles. The zero-order valence-electron chi connectivity index (χ0n) is 19.7. The summed E-state index contributed by atoms with van der Waals surface area (Å²) in [6, 6.07) is 4.45. The number of nitrogens with one attached hydrogen (secondary N) is 2. The Balaban J connectivity index is 1.56. The number of benzene rings is 1. The first-order chi connectivity index (χ1) is 15.5. The van der Waals surface area contributed by atoms with Gasteiger partial charge in [0.25, 0.3) is 0 Å². The summed E-state index contributed by atoms with van der Waals surface area (Å²) in [5.41, 5.74) is 0.643. The average Bonchev–Trinajstić information content (AvgIpc) is 3.15. The van der Waals surface area contributed by atoms with E-state index in [2.05, 4.69) is 75.8 Å². The molecule has 3 heterocycles. The van der Waals surface area contributed by atoms with Gasteiger partial charge >= 0.3 is 0 Å². The molecule has 4 rings (SSSR count). The lowest BCUT2D eigenvalue weighted by Crippen LogP contribution is -2.61. The maximum atomic E-state index is 14.6. The molecule has 1 saturated heterocycles. The molecule has 3 aromatic rings. The summed E-state index contributed by atoms with van der Waals surface area (Å²) in [6.45, 7) is 8.74. The second-order valence-corrected chi connectivity index (χ2v) is 9.77. The van der Waals surface area contributed by atoms with E-state index in [-0.39, 0.29) is 40.3 Å². The van der Waals surface area contributed by atoms with E-state index in [1.807, 2.05) is 0 Å². The lowest BCUT2D eigenvalue weighted by atomic mass is 9.77. The fraction of sp³-hybridized carbons (Fsp3) is 0.500. The molecule has 0 radical (unpaired) electrons. The van der Waals surface area contributed by atoms with Crippen molar-refractivity contribution in [2.75, 3.05) is 17.7 Å². The Kier molecular flexibility index (Phi) is 5.77. The van der Waals surface area contributed by atoms with Gasteiger partial charge in [0, 0.05) is 29.9 Å². The number of hydrogen-bond donors (Lipinski definition) is 2. The maximum Gasteiger partial charge on any atom is 0.229 e. The van der Waals surface area contributed by atoms with E-state index in [4.69, 9.17) is 0 Å². The standard InChI is InChI=1S/C22H29F2N9/c1-21(2)10-14(11-22(3,4)33(21)6)26-18-17(24)12-25-20(28-18)27-13-7-8-16(23)15(9-13)19-29-30-31-32(19)5/h7-9,12,14H,10-11H2,1-6H3,(H2,25,26,27,28). The fourth-order valence-electron chi connectivity index (χ4n) is 4.56. The van der Waals surface area contributed by atoms with E-state index in [9.17, 15) is 8.78 Å². The average molecular weight is 458 g/mol. The third kappa shape index (κ3) is 4.63. The van der Waals surface area contributed by atoms with Crippen LogP contribution < -0.4 is 10.6 Å². The van der Waals surface area contributed by atoms with E-state index in [0.29, 0.717) is 5.69 Å². The van der Waals surface area contributed by atoms with Gasteiger partial charge in [0.05, 0.1) is 11.8 Å². The van der Waals surface area contributed by atoms with Gasteiger partial charge in [-0.1, -0.05) is 0 Å². The molecule has 0 spiro atoms. The summed E-state index contributed by atoms with van der Waals surface area (Å²) >= 11 is 0. The molecule has 0 saturated carbocycles. The van der Waals surface area contributed by atoms with Crippen LogP contribution in [-0.4, -0.2) is 59.2 Å². The minimum absolute atomic E-state index is 0.0456. The summed E-state index contributed by atoms with van der Waals surface area (Å²) < 4.78 is 30.3. The number of halogens is 2. The van der Waals surface area contributed by atoms with E-state index >= 15 is 0 Å². The van der Waals surface area contributed by atoms with E-state index in [0.717, 1.165) is 19.0 Å². The van der Waals surface area contributed by atoms with Crippen LogP contribution >= 0.6 is 0 Å². The van der Waals surface area contributed by atoms with Crippen molar-refractivity contribution in [3.63, 3.8) is 0 Å². The zero-order chi connectivity index (χ0) is 24.0. The molecule has 0 amide bonds. The molecular weight excluding hydrogens is 428 g/mol. The molecule has 0 aliphatic carbocycles. The molecule has 0 unspecified atom stereocenters. The smallest absolute Gasteiger partial charge is 0.229 e. The highest BCUT2D eigenvalue weighted by atomic mass is 19.1. The van der Waals surface area contributed by atoms with Crippen LogP contribution in [-0.2, 0) is 7.05 Å². The molecule has 176 valence electrons. The van der Waals surface area contributed by atoms with E-state index in [1.54, 1.807) is 19.2 Å². The van der Waals surface area contributed by atoms with Crippen molar-refractivity contribution in [2.45, 2.75) is 57.7 Å². The van der Waals surface area contributed by atoms with Crippen LogP contribution in [0.3, 0.4) is 0 Å². The summed E-state index contributed by atoms with van der Waals surface area (Å²) in [4.78, 5) is 10.8.